The van der Waals surface area contributed by atoms with Gasteiger partial charge < -0.3 is 19.5 Å². The monoisotopic (exact) mass is 342 g/mol. The first-order valence-electron chi connectivity index (χ1n) is 7.96. The van der Waals surface area contributed by atoms with Crippen LogP contribution in [0.3, 0.4) is 0 Å². The van der Waals surface area contributed by atoms with E-state index >= 15 is 0 Å². The Morgan fingerprint density at radius 1 is 1.24 bits per heavy atom. The molecule has 0 saturated carbocycles. The number of carbonyl (C=O) groups is 2. The zero-order valence-electron chi connectivity index (χ0n) is 13.7. The highest BCUT2D eigenvalue weighted by atomic mass is 16.5. The van der Waals surface area contributed by atoms with Gasteiger partial charge in [0.15, 0.2) is 0 Å². The summed E-state index contributed by atoms with van der Waals surface area (Å²) in [5, 5.41) is 8.95. The third-order valence-electron chi connectivity index (χ3n) is 3.97. The Morgan fingerprint density at radius 2 is 1.96 bits per heavy atom. The van der Waals surface area contributed by atoms with E-state index in [4.69, 9.17) is 14.6 Å². The number of esters is 1. The number of carboxylic acid groups (broad SMARTS) is 1. The van der Waals surface area contributed by atoms with Crippen LogP contribution >= 0.6 is 0 Å². The van der Waals surface area contributed by atoms with Crippen molar-refractivity contribution in [3.05, 3.63) is 53.7 Å². The average Bonchev–Trinajstić information content (AvgIpc) is 2.55. The van der Waals surface area contributed by atoms with Crippen LogP contribution in [0.25, 0.3) is 0 Å². The zero-order valence-corrected chi connectivity index (χ0v) is 13.7. The van der Waals surface area contributed by atoms with Crippen LogP contribution in [0.15, 0.2) is 42.6 Å². The number of hydrogen-bond acceptors (Lipinski definition) is 5. The molecule has 0 bridgehead atoms. The normalized spacial score (nSPS) is 13.9. The first-order valence-corrected chi connectivity index (χ1v) is 7.96. The second-order valence-corrected chi connectivity index (χ2v) is 5.63. The lowest BCUT2D eigenvalue weighted by atomic mass is 9.93. The van der Waals surface area contributed by atoms with Crippen LogP contribution < -0.4 is 4.74 Å². The molecule has 2 heterocycles. The number of benzene rings is 1. The Balaban J connectivity index is 1.71. The van der Waals surface area contributed by atoms with Crippen molar-refractivity contribution in [1.82, 2.24) is 9.88 Å². The van der Waals surface area contributed by atoms with Crippen molar-refractivity contribution in [1.29, 1.82) is 0 Å². The van der Waals surface area contributed by atoms with E-state index in [1.807, 2.05) is 6.07 Å². The molecule has 0 aliphatic carbocycles. The quantitative estimate of drug-likeness (QED) is 0.840. The van der Waals surface area contributed by atoms with Crippen LogP contribution in [0, 0.1) is 0 Å². The molecule has 1 aliphatic heterocycles. The molecule has 0 atom stereocenters. The number of likely N-dealkylation sites (tertiary alicyclic amines) is 1. The van der Waals surface area contributed by atoms with Gasteiger partial charge in [-0.1, -0.05) is 6.07 Å². The van der Waals surface area contributed by atoms with Gasteiger partial charge in [-0.3, -0.25) is 0 Å². The van der Waals surface area contributed by atoms with Gasteiger partial charge in [0, 0.05) is 30.8 Å². The van der Waals surface area contributed by atoms with Crippen molar-refractivity contribution in [2.24, 2.45) is 0 Å². The topological polar surface area (TPSA) is 89.0 Å². The van der Waals surface area contributed by atoms with Crippen molar-refractivity contribution in [3.8, 4) is 11.6 Å². The van der Waals surface area contributed by atoms with Gasteiger partial charge in [-0.05, 0) is 37.3 Å². The van der Waals surface area contributed by atoms with Gasteiger partial charge in [0.1, 0.15) is 5.75 Å². The lowest BCUT2D eigenvalue weighted by Crippen LogP contribution is -2.47. The minimum absolute atomic E-state index is 0.0682. The lowest BCUT2D eigenvalue weighted by Gasteiger charge is -2.37. The molecular weight excluding hydrogens is 324 g/mol. The highest BCUT2D eigenvalue weighted by Gasteiger charge is 2.33. The number of amides is 1. The van der Waals surface area contributed by atoms with Crippen molar-refractivity contribution in [2.75, 3.05) is 19.7 Å². The Morgan fingerprint density at radius 3 is 2.60 bits per heavy atom. The fourth-order valence-electron chi connectivity index (χ4n) is 2.62. The summed E-state index contributed by atoms with van der Waals surface area (Å²) in [7, 11) is 0. The molecule has 0 radical (unpaired) electrons. The Labute approximate surface area is 144 Å². The zero-order chi connectivity index (χ0) is 17.8. The Hall–Kier alpha value is -3.09. The maximum atomic E-state index is 11.7. The van der Waals surface area contributed by atoms with Crippen molar-refractivity contribution in [3.63, 3.8) is 0 Å². The third kappa shape index (κ3) is 3.71. The number of ether oxygens (including phenoxy) is 2. The summed E-state index contributed by atoms with van der Waals surface area (Å²) in [6, 6.07) is 10.3. The summed E-state index contributed by atoms with van der Waals surface area (Å²) in [6.45, 7) is 2.94. The average molecular weight is 342 g/mol. The van der Waals surface area contributed by atoms with Gasteiger partial charge >= 0.3 is 12.1 Å². The number of aromatic nitrogens is 1. The second kappa shape index (κ2) is 7.21. The molecule has 2 aromatic rings. The molecule has 25 heavy (non-hydrogen) atoms. The van der Waals surface area contributed by atoms with Crippen molar-refractivity contribution in [2.45, 2.75) is 12.8 Å². The predicted octanol–water partition coefficient (Wildman–Crippen LogP) is 3.13. The first kappa shape index (κ1) is 16.8. The van der Waals surface area contributed by atoms with Crippen LogP contribution in [0.5, 0.6) is 11.6 Å². The molecule has 1 saturated heterocycles. The van der Waals surface area contributed by atoms with Crippen molar-refractivity contribution >= 4 is 12.1 Å². The van der Waals surface area contributed by atoms with Gasteiger partial charge in [-0.2, -0.15) is 0 Å². The molecule has 0 spiro atoms. The smallest absolute Gasteiger partial charge is 0.407 e. The Kier molecular flexibility index (Phi) is 4.83. The number of nitrogens with zero attached hydrogens (tertiary/aromatic N) is 2. The predicted molar refractivity (Wildman–Crippen MR) is 89.0 cm³/mol. The van der Waals surface area contributed by atoms with Crippen LogP contribution in [0.4, 0.5) is 4.79 Å². The molecule has 7 nitrogen and oxygen atoms in total. The Bertz CT molecular complexity index is 769. The van der Waals surface area contributed by atoms with E-state index in [-0.39, 0.29) is 11.9 Å². The summed E-state index contributed by atoms with van der Waals surface area (Å²) >= 11 is 0. The lowest BCUT2D eigenvalue weighted by molar-refractivity contribution is 0.0526. The van der Waals surface area contributed by atoms with Crippen molar-refractivity contribution < 1.29 is 24.2 Å². The molecule has 1 aliphatic rings. The second-order valence-electron chi connectivity index (χ2n) is 5.63. The number of hydrogen-bond donors (Lipinski definition) is 1. The number of pyridine rings is 1. The van der Waals surface area contributed by atoms with E-state index in [1.54, 1.807) is 43.5 Å². The van der Waals surface area contributed by atoms with Gasteiger partial charge in [0.05, 0.1) is 12.2 Å². The first-order chi connectivity index (χ1) is 12.1. The number of rotatable bonds is 5. The van der Waals surface area contributed by atoms with E-state index in [1.165, 1.54) is 4.90 Å². The van der Waals surface area contributed by atoms with E-state index in [0.717, 1.165) is 5.56 Å². The molecule has 7 heteroatoms. The third-order valence-corrected chi connectivity index (χ3v) is 3.97. The van der Waals surface area contributed by atoms with E-state index in [2.05, 4.69) is 4.98 Å². The van der Waals surface area contributed by atoms with Gasteiger partial charge in [-0.15, -0.1) is 0 Å². The fraction of sp³-hybridized carbons (Fsp3) is 0.278. The molecule has 1 N–H and O–H groups in total. The van der Waals surface area contributed by atoms with E-state index in [0.29, 0.717) is 36.9 Å². The summed E-state index contributed by atoms with van der Waals surface area (Å²) in [6.07, 6.45) is 0.705. The summed E-state index contributed by atoms with van der Waals surface area (Å²) < 4.78 is 10.8. The van der Waals surface area contributed by atoms with Crippen LogP contribution in [-0.2, 0) is 4.74 Å². The molecule has 0 unspecified atom stereocenters. The number of carbonyl (C=O) groups excluding carboxylic acids is 1. The molecule has 130 valence electrons. The van der Waals surface area contributed by atoms with Gasteiger partial charge in [0.25, 0.3) is 0 Å². The van der Waals surface area contributed by atoms with Crippen LogP contribution in [0.2, 0.25) is 0 Å². The van der Waals surface area contributed by atoms with Crippen LogP contribution in [0.1, 0.15) is 28.8 Å². The maximum Gasteiger partial charge on any atom is 0.407 e. The highest BCUT2D eigenvalue weighted by Crippen LogP contribution is 2.34. The molecule has 1 amide bonds. The maximum absolute atomic E-state index is 11.7. The SMILES string of the molecule is CCOC(=O)c1ccc(Oc2ncccc2C2CN(C(=O)O)C2)cc1. The van der Waals surface area contributed by atoms with Gasteiger partial charge in [-0.25, -0.2) is 14.6 Å². The van der Waals surface area contributed by atoms with Crippen LogP contribution in [-0.4, -0.2) is 46.7 Å². The minimum atomic E-state index is -0.919. The molecule has 1 fully saturated rings. The molecular formula is C18H18N2O5. The summed E-state index contributed by atoms with van der Waals surface area (Å²) in [5.41, 5.74) is 1.32. The molecule has 1 aromatic heterocycles. The minimum Gasteiger partial charge on any atom is -0.465 e. The van der Waals surface area contributed by atoms with E-state index in [9.17, 15) is 9.59 Å². The van der Waals surface area contributed by atoms with Gasteiger partial charge in [0.2, 0.25) is 5.88 Å². The van der Waals surface area contributed by atoms with E-state index < -0.39 is 6.09 Å². The molecule has 3 rings (SSSR count). The molecule has 1 aromatic carbocycles. The highest BCUT2D eigenvalue weighted by molar-refractivity contribution is 5.89. The standard InChI is InChI=1S/C18H18N2O5/c1-2-24-17(21)12-5-7-14(8-6-12)25-16-15(4-3-9-19-16)13-10-20(11-13)18(22)23/h3-9,13H,2,10-11H2,1H3,(H,22,23). The largest absolute Gasteiger partial charge is 0.465 e. The fourth-order valence-corrected chi connectivity index (χ4v) is 2.62. The summed E-state index contributed by atoms with van der Waals surface area (Å²) in [5.74, 6) is 0.679. The summed E-state index contributed by atoms with van der Waals surface area (Å²) in [4.78, 5) is 28.2.